The predicted molar refractivity (Wildman–Crippen MR) is 93.4 cm³/mol. The van der Waals surface area contributed by atoms with Crippen LogP contribution in [-0.2, 0) is 29.2 Å². The fourth-order valence-corrected chi connectivity index (χ4v) is 3.10. The number of nitrogens with one attached hydrogen (secondary N) is 1. The molecule has 0 saturated heterocycles. The first-order chi connectivity index (χ1) is 10.9. The van der Waals surface area contributed by atoms with E-state index in [-0.39, 0.29) is 19.4 Å². The van der Waals surface area contributed by atoms with Gasteiger partial charge in [-0.2, -0.15) is 16.8 Å². The Kier molecular flexibility index (Phi) is 8.34. The molecular weight excluding hydrogens is 374 g/mol. The van der Waals surface area contributed by atoms with Crippen molar-refractivity contribution < 1.29 is 35.1 Å². The zero-order valence-electron chi connectivity index (χ0n) is 15.5. The lowest BCUT2D eigenvalue weighted by molar-refractivity contribution is 0.0479. The summed E-state index contributed by atoms with van der Waals surface area (Å²) < 4.78 is 63.1. The summed E-state index contributed by atoms with van der Waals surface area (Å²) in [6.45, 7) is 8.35. The van der Waals surface area contributed by atoms with Crippen molar-refractivity contribution in [3.05, 3.63) is 0 Å². The van der Waals surface area contributed by atoms with Gasteiger partial charge in [-0.15, -0.1) is 0 Å². The Morgan fingerprint density at radius 1 is 1.12 bits per heavy atom. The largest absolute Gasteiger partial charge is 0.444 e. The van der Waals surface area contributed by atoms with E-state index in [1.807, 2.05) is 0 Å². The molecule has 0 saturated carbocycles. The summed E-state index contributed by atoms with van der Waals surface area (Å²) in [5.41, 5.74) is -1.41. The van der Waals surface area contributed by atoms with Gasteiger partial charge in [-0.25, -0.2) is 4.79 Å². The SMILES string of the molecule is CC(C)(COS(C)(=O)=O)C[C@@H](CCS(=O)(=O)O)NC(=O)OC(C)(C)C. The predicted octanol–water partition coefficient (Wildman–Crippen LogP) is 1.55. The average Bonchev–Trinajstić information content (AvgIpc) is 2.29. The molecule has 25 heavy (non-hydrogen) atoms. The van der Waals surface area contributed by atoms with Crippen LogP contribution in [-0.4, -0.2) is 57.7 Å². The van der Waals surface area contributed by atoms with Crippen LogP contribution in [0.15, 0.2) is 0 Å². The highest BCUT2D eigenvalue weighted by molar-refractivity contribution is 7.86. The number of carbonyl (C=O) groups is 1. The van der Waals surface area contributed by atoms with E-state index in [2.05, 4.69) is 5.32 Å². The molecule has 0 aromatic heterocycles. The Labute approximate surface area is 150 Å². The summed E-state index contributed by atoms with van der Waals surface area (Å²) in [5.74, 6) is -0.545. The van der Waals surface area contributed by atoms with Crippen molar-refractivity contribution in [2.24, 2.45) is 5.41 Å². The second kappa shape index (κ2) is 8.65. The molecular formula is C14H29NO8S2. The zero-order chi connectivity index (χ0) is 20.1. The molecule has 0 unspecified atom stereocenters. The van der Waals surface area contributed by atoms with Crippen molar-refractivity contribution in [2.45, 2.75) is 59.1 Å². The minimum absolute atomic E-state index is 0.0552. The summed E-state index contributed by atoms with van der Waals surface area (Å²) in [4.78, 5) is 11.9. The van der Waals surface area contributed by atoms with Gasteiger partial charge >= 0.3 is 6.09 Å². The van der Waals surface area contributed by atoms with E-state index >= 15 is 0 Å². The normalized spacial score (nSPS) is 14.8. The molecule has 1 amide bonds. The minimum Gasteiger partial charge on any atom is -0.444 e. The summed E-state index contributed by atoms with van der Waals surface area (Å²) in [6.07, 6.45) is 0.364. The molecule has 0 fully saturated rings. The molecule has 0 heterocycles. The lowest BCUT2D eigenvalue weighted by atomic mass is 9.86. The van der Waals surface area contributed by atoms with Crippen LogP contribution in [0.4, 0.5) is 4.79 Å². The quantitative estimate of drug-likeness (QED) is 0.437. The van der Waals surface area contributed by atoms with Crippen molar-refractivity contribution in [2.75, 3.05) is 18.6 Å². The number of hydrogen-bond acceptors (Lipinski definition) is 7. The monoisotopic (exact) mass is 403 g/mol. The van der Waals surface area contributed by atoms with Crippen LogP contribution >= 0.6 is 0 Å². The lowest BCUT2D eigenvalue weighted by Crippen LogP contribution is -2.43. The maximum Gasteiger partial charge on any atom is 0.407 e. The van der Waals surface area contributed by atoms with Gasteiger partial charge in [0.25, 0.3) is 20.2 Å². The van der Waals surface area contributed by atoms with Crippen molar-refractivity contribution in [1.29, 1.82) is 0 Å². The zero-order valence-corrected chi connectivity index (χ0v) is 17.2. The highest BCUT2D eigenvalue weighted by Gasteiger charge is 2.28. The van der Waals surface area contributed by atoms with Gasteiger partial charge in [0.15, 0.2) is 0 Å². The maximum absolute atomic E-state index is 11.9. The molecule has 0 aliphatic carbocycles. The van der Waals surface area contributed by atoms with Gasteiger partial charge in [0.2, 0.25) is 0 Å². The van der Waals surface area contributed by atoms with E-state index < -0.39 is 49.1 Å². The van der Waals surface area contributed by atoms with E-state index in [1.54, 1.807) is 34.6 Å². The molecule has 150 valence electrons. The van der Waals surface area contributed by atoms with Crippen molar-refractivity contribution in [1.82, 2.24) is 5.32 Å². The van der Waals surface area contributed by atoms with Gasteiger partial charge < -0.3 is 10.1 Å². The van der Waals surface area contributed by atoms with Crippen LogP contribution in [0.1, 0.15) is 47.5 Å². The molecule has 0 rings (SSSR count). The Morgan fingerprint density at radius 2 is 1.64 bits per heavy atom. The third kappa shape index (κ3) is 15.1. The number of rotatable bonds is 9. The minimum atomic E-state index is -4.20. The second-order valence-electron chi connectivity index (χ2n) is 7.75. The Morgan fingerprint density at radius 3 is 2.04 bits per heavy atom. The maximum atomic E-state index is 11.9. The average molecular weight is 404 g/mol. The van der Waals surface area contributed by atoms with Crippen molar-refractivity contribution in [3.8, 4) is 0 Å². The first-order valence-electron chi connectivity index (χ1n) is 7.68. The molecule has 0 aliphatic heterocycles. The molecule has 11 heteroatoms. The number of carbonyl (C=O) groups excluding carboxylic acids is 1. The van der Waals surface area contributed by atoms with E-state index in [0.717, 1.165) is 6.26 Å². The fourth-order valence-electron chi connectivity index (χ4n) is 1.98. The van der Waals surface area contributed by atoms with E-state index in [9.17, 15) is 21.6 Å². The van der Waals surface area contributed by atoms with Gasteiger partial charge in [0, 0.05) is 6.04 Å². The molecule has 1 atom stereocenters. The topological polar surface area (TPSA) is 136 Å². The molecule has 0 aromatic rings. The first kappa shape index (κ1) is 24.1. The van der Waals surface area contributed by atoms with Crippen LogP contribution < -0.4 is 5.32 Å². The molecule has 9 nitrogen and oxygen atoms in total. The Hall–Kier alpha value is -0.910. The Balaban J connectivity index is 5.01. The molecule has 0 radical (unpaired) electrons. The number of alkyl carbamates (subject to hydrolysis) is 1. The fraction of sp³-hybridized carbons (Fsp3) is 0.929. The van der Waals surface area contributed by atoms with Gasteiger partial charge in [-0.3, -0.25) is 8.74 Å². The highest BCUT2D eigenvalue weighted by Crippen LogP contribution is 2.25. The molecule has 0 bridgehead atoms. The van der Waals surface area contributed by atoms with Crippen molar-refractivity contribution in [3.63, 3.8) is 0 Å². The lowest BCUT2D eigenvalue weighted by Gasteiger charge is -2.30. The highest BCUT2D eigenvalue weighted by atomic mass is 32.2. The van der Waals surface area contributed by atoms with Crippen molar-refractivity contribution >= 4 is 26.3 Å². The summed E-state index contributed by atoms with van der Waals surface area (Å²) in [6, 6.07) is -0.657. The standard InChI is InChI=1S/C14H29NO8S2/c1-13(2,3)23-12(16)15-11(7-8-25(19,20)21)9-14(4,5)10-22-24(6,17)18/h11H,7-10H2,1-6H3,(H,15,16)(H,19,20,21)/t11-/m1/s1. The molecule has 0 aromatic carbocycles. The third-order valence-corrected chi connectivity index (χ3v) is 4.21. The Bertz CT molecular complexity index is 647. The van der Waals surface area contributed by atoms with Crippen LogP contribution in [0, 0.1) is 5.41 Å². The van der Waals surface area contributed by atoms with Gasteiger partial charge in [-0.1, -0.05) is 13.8 Å². The van der Waals surface area contributed by atoms with E-state index in [4.69, 9.17) is 13.5 Å². The van der Waals surface area contributed by atoms with Crippen LogP contribution in [0.3, 0.4) is 0 Å². The summed E-state index contributed by atoms with van der Waals surface area (Å²) >= 11 is 0. The summed E-state index contributed by atoms with van der Waals surface area (Å²) in [5, 5.41) is 2.56. The van der Waals surface area contributed by atoms with Gasteiger partial charge in [-0.05, 0) is 39.0 Å². The van der Waals surface area contributed by atoms with Crippen LogP contribution in [0.25, 0.3) is 0 Å². The van der Waals surface area contributed by atoms with E-state index in [1.165, 1.54) is 0 Å². The number of hydrogen-bond donors (Lipinski definition) is 2. The second-order valence-corrected chi connectivity index (χ2v) is 11.0. The van der Waals surface area contributed by atoms with Gasteiger partial charge in [0.1, 0.15) is 5.60 Å². The molecule has 0 spiro atoms. The number of ether oxygens (including phenoxy) is 1. The molecule has 2 N–H and O–H groups in total. The summed E-state index contributed by atoms with van der Waals surface area (Å²) in [7, 11) is -7.82. The van der Waals surface area contributed by atoms with Crippen LogP contribution in [0.5, 0.6) is 0 Å². The first-order valence-corrected chi connectivity index (χ1v) is 11.1. The number of amides is 1. The third-order valence-electron chi connectivity index (χ3n) is 2.91. The van der Waals surface area contributed by atoms with Crippen LogP contribution in [0.2, 0.25) is 0 Å². The smallest absolute Gasteiger partial charge is 0.407 e. The van der Waals surface area contributed by atoms with E-state index in [0.29, 0.717) is 0 Å². The van der Waals surface area contributed by atoms with Gasteiger partial charge in [0.05, 0.1) is 18.6 Å². The molecule has 0 aliphatic rings.